The average molecular weight is 216 g/mol. The smallest absolute Gasteiger partial charge is 0.122 e. The fraction of sp³-hybridized carbons (Fsp3) is 0.533. The first-order chi connectivity index (χ1) is 7.81. The minimum absolute atomic E-state index is 0.217. The number of hydrogen-bond donors (Lipinski definition) is 0. The van der Waals surface area contributed by atoms with Crippen molar-refractivity contribution in [3.8, 4) is 0 Å². The van der Waals surface area contributed by atoms with Crippen molar-refractivity contribution >= 4 is 6.29 Å². The number of aldehydes is 1. The van der Waals surface area contributed by atoms with Crippen molar-refractivity contribution in [2.75, 3.05) is 0 Å². The molecule has 2 atom stereocenters. The van der Waals surface area contributed by atoms with Crippen LogP contribution in [0.5, 0.6) is 0 Å². The van der Waals surface area contributed by atoms with E-state index in [9.17, 15) is 4.79 Å². The van der Waals surface area contributed by atoms with Crippen molar-refractivity contribution in [3.05, 3.63) is 35.4 Å². The van der Waals surface area contributed by atoms with Gasteiger partial charge in [0.05, 0.1) is 0 Å². The summed E-state index contributed by atoms with van der Waals surface area (Å²) < 4.78 is 0. The van der Waals surface area contributed by atoms with Gasteiger partial charge in [-0.2, -0.15) is 0 Å². The maximum absolute atomic E-state index is 10.6. The molecule has 1 aromatic carbocycles. The predicted molar refractivity (Wildman–Crippen MR) is 66.6 cm³/mol. The van der Waals surface area contributed by atoms with Crippen molar-refractivity contribution < 1.29 is 4.79 Å². The lowest BCUT2D eigenvalue weighted by Crippen LogP contribution is -2.11. The molecule has 0 aromatic heterocycles. The van der Waals surface area contributed by atoms with Crippen LogP contribution in [0.3, 0.4) is 0 Å². The van der Waals surface area contributed by atoms with Crippen molar-refractivity contribution in [2.45, 2.75) is 44.9 Å². The predicted octanol–water partition coefficient (Wildman–Crippen LogP) is 3.72. The average Bonchev–Trinajstić information content (AvgIpc) is 2.35. The summed E-state index contributed by atoms with van der Waals surface area (Å²) in [6.45, 7) is 2.02. The topological polar surface area (TPSA) is 17.1 Å². The summed E-state index contributed by atoms with van der Waals surface area (Å²) in [5.74, 6) is 0.904. The van der Waals surface area contributed by atoms with Gasteiger partial charge in [-0.1, -0.05) is 31.2 Å². The first kappa shape index (κ1) is 11.4. The maximum Gasteiger partial charge on any atom is 0.122 e. The Balaban J connectivity index is 2.04. The first-order valence-corrected chi connectivity index (χ1v) is 6.34. The molecule has 1 heteroatoms. The summed E-state index contributed by atoms with van der Waals surface area (Å²) in [5.41, 5.74) is 3.06. The molecule has 0 amide bonds. The van der Waals surface area contributed by atoms with E-state index in [0.29, 0.717) is 5.92 Å². The van der Waals surface area contributed by atoms with Gasteiger partial charge in [0.15, 0.2) is 0 Å². The largest absolute Gasteiger partial charge is 0.303 e. The highest BCUT2D eigenvalue weighted by Gasteiger charge is 2.19. The first-order valence-electron chi connectivity index (χ1n) is 6.34. The van der Waals surface area contributed by atoms with E-state index in [0.717, 1.165) is 19.1 Å². The molecule has 0 bridgehead atoms. The number of fused-ring (bicyclic) bond motifs is 1. The molecule has 0 radical (unpaired) electrons. The second-order valence-corrected chi connectivity index (χ2v) is 4.98. The second kappa shape index (κ2) is 5.29. The van der Waals surface area contributed by atoms with Gasteiger partial charge in [0.2, 0.25) is 0 Å². The van der Waals surface area contributed by atoms with E-state index in [1.54, 1.807) is 0 Å². The van der Waals surface area contributed by atoms with Crippen LogP contribution < -0.4 is 0 Å². The van der Waals surface area contributed by atoms with E-state index in [1.165, 1.54) is 30.4 Å². The molecule has 0 fully saturated rings. The summed E-state index contributed by atoms with van der Waals surface area (Å²) in [4.78, 5) is 10.6. The number of rotatable bonds is 4. The molecule has 2 rings (SSSR count). The third-order valence-corrected chi connectivity index (χ3v) is 3.70. The van der Waals surface area contributed by atoms with E-state index in [1.807, 2.05) is 6.92 Å². The molecule has 1 aliphatic rings. The van der Waals surface area contributed by atoms with Crippen LogP contribution in [0.1, 0.15) is 49.7 Å². The Hall–Kier alpha value is -1.11. The lowest BCUT2D eigenvalue weighted by Gasteiger charge is -2.25. The highest BCUT2D eigenvalue weighted by atomic mass is 16.1. The van der Waals surface area contributed by atoms with Gasteiger partial charge < -0.3 is 4.79 Å². The van der Waals surface area contributed by atoms with Gasteiger partial charge in [0.1, 0.15) is 6.29 Å². The zero-order valence-corrected chi connectivity index (χ0v) is 9.99. The number of carbonyl (C=O) groups is 1. The Morgan fingerprint density at radius 3 is 3.06 bits per heavy atom. The number of hydrogen-bond acceptors (Lipinski definition) is 1. The van der Waals surface area contributed by atoms with E-state index in [4.69, 9.17) is 0 Å². The van der Waals surface area contributed by atoms with E-state index < -0.39 is 0 Å². The SMILES string of the molecule is CC(C=O)CCC1CCCc2ccccc21. The van der Waals surface area contributed by atoms with Crippen LogP contribution in [-0.4, -0.2) is 6.29 Å². The molecule has 86 valence electrons. The van der Waals surface area contributed by atoms with Crippen LogP contribution in [0, 0.1) is 5.92 Å². The van der Waals surface area contributed by atoms with Crippen molar-refractivity contribution in [1.29, 1.82) is 0 Å². The highest BCUT2D eigenvalue weighted by Crippen LogP contribution is 2.35. The zero-order chi connectivity index (χ0) is 11.4. The third kappa shape index (κ3) is 2.52. The standard InChI is InChI=1S/C15H20O/c1-12(11-16)9-10-14-7-4-6-13-5-2-3-8-15(13)14/h2-3,5,8,11-12,14H,4,6-7,9-10H2,1H3. The molecule has 1 nitrogen and oxygen atoms in total. The number of aryl methyl sites for hydroxylation is 1. The van der Waals surface area contributed by atoms with Crippen LogP contribution >= 0.6 is 0 Å². The van der Waals surface area contributed by atoms with Gasteiger partial charge in [-0.25, -0.2) is 0 Å². The minimum atomic E-state index is 0.217. The normalized spacial score (nSPS) is 21.2. The minimum Gasteiger partial charge on any atom is -0.303 e. The van der Waals surface area contributed by atoms with Gasteiger partial charge in [0.25, 0.3) is 0 Å². The van der Waals surface area contributed by atoms with Crippen molar-refractivity contribution in [1.82, 2.24) is 0 Å². The quantitative estimate of drug-likeness (QED) is 0.701. The van der Waals surface area contributed by atoms with Crippen LogP contribution in [0.15, 0.2) is 24.3 Å². The molecule has 0 spiro atoms. The van der Waals surface area contributed by atoms with Crippen LogP contribution in [0.4, 0.5) is 0 Å². The summed E-state index contributed by atoms with van der Waals surface area (Å²) in [6, 6.07) is 8.80. The summed E-state index contributed by atoms with van der Waals surface area (Å²) in [5, 5.41) is 0. The molecule has 1 aromatic rings. The van der Waals surface area contributed by atoms with Gasteiger partial charge in [-0.3, -0.25) is 0 Å². The Morgan fingerprint density at radius 2 is 2.25 bits per heavy atom. The summed E-state index contributed by atoms with van der Waals surface area (Å²) >= 11 is 0. The third-order valence-electron chi connectivity index (χ3n) is 3.70. The number of carbonyl (C=O) groups excluding carboxylic acids is 1. The number of benzene rings is 1. The van der Waals surface area contributed by atoms with E-state index in [-0.39, 0.29) is 5.92 Å². The molecule has 0 N–H and O–H groups in total. The maximum atomic E-state index is 10.6. The van der Waals surface area contributed by atoms with Gasteiger partial charge >= 0.3 is 0 Å². The molecule has 0 saturated heterocycles. The Labute approximate surface area is 97.9 Å². The lowest BCUT2D eigenvalue weighted by molar-refractivity contribution is -0.110. The lowest BCUT2D eigenvalue weighted by atomic mass is 9.79. The monoisotopic (exact) mass is 216 g/mol. The Bertz CT molecular complexity index is 356. The van der Waals surface area contributed by atoms with E-state index in [2.05, 4.69) is 24.3 Å². The van der Waals surface area contributed by atoms with E-state index >= 15 is 0 Å². The van der Waals surface area contributed by atoms with Crippen molar-refractivity contribution in [3.63, 3.8) is 0 Å². The van der Waals surface area contributed by atoms with Crippen LogP contribution in [0.25, 0.3) is 0 Å². The summed E-state index contributed by atoms with van der Waals surface area (Å²) in [6.07, 6.45) is 7.10. The Morgan fingerprint density at radius 1 is 1.44 bits per heavy atom. The Kier molecular flexibility index (Phi) is 3.76. The molecule has 16 heavy (non-hydrogen) atoms. The van der Waals surface area contributed by atoms with Gasteiger partial charge in [-0.05, 0) is 49.1 Å². The van der Waals surface area contributed by atoms with Gasteiger partial charge in [0, 0.05) is 5.92 Å². The van der Waals surface area contributed by atoms with Crippen molar-refractivity contribution in [2.24, 2.45) is 5.92 Å². The highest BCUT2D eigenvalue weighted by molar-refractivity contribution is 5.52. The second-order valence-electron chi connectivity index (χ2n) is 4.98. The van der Waals surface area contributed by atoms with Crippen LogP contribution in [0.2, 0.25) is 0 Å². The molecular weight excluding hydrogens is 196 g/mol. The molecule has 1 aliphatic carbocycles. The zero-order valence-electron chi connectivity index (χ0n) is 9.99. The molecule has 0 saturated carbocycles. The molecular formula is C15H20O. The van der Waals surface area contributed by atoms with Gasteiger partial charge in [-0.15, -0.1) is 0 Å². The molecule has 2 unspecified atom stereocenters. The summed E-state index contributed by atoms with van der Waals surface area (Å²) in [7, 11) is 0. The van der Waals surface area contributed by atoms with Crippen LogP contribution in [-0.2, 0) is 11.2 Å². The fourth-order valence-corrected chi connectivity index (χ4v) is 2.69. The molecule has 0 aliphatic heterocycles. The fourth-order valence-electron chi connectivity index (χ4n) is 2.69. The molecule has 0 heterocycles.